The average Bonchev–Trinajstić information content (AvgIpc) is 3.12. The van der Waals surface area contributed by atoms with Crippen molar-refractivity contribution in [3.8, 4) is 0 Å². The highest BCUT2D eigenvalue weighted by molar-refractivity contribution is 5.92. The van der Waals surface area contributed by atoms with Crippen LogP contribution in [-0.4, -0.2) is 40.0 Å². The molecule has 0 saturated carbocycles. The first-order chi connectivity index (χ1) is 11.3. The van der Waals surface area contributed by atoms with Gasteiger partial charge in [-0.05, 0) is 40.1 Å². The van der Waals surface area contributed by atoms with Crippen molar-refractivity contribution in [1.82, 2.24) is 25.3 Å². The van der Waals surface area contributed by atoms with Gasteiger partial charge in [-0.3, -0.25) is 4.79 Å². The number of rotatable bonds is 5. The van der Waals surface area contributed by atoms with Crippen molar-refractivity contribution in [2.45, 2.75) is 25.9 Å². The van der Waals surface area contributed by atoms with E-state index in [9.17, 15) is 4.79 Å². The number of hydrogen-bond acceptors (Lipinski definition) is 5. The van der Waals surface area contributed by atoms with E-state index in [4.69, 9.17) is 4.52 Å². The smallest absolute Gasteiger partial charge is 0.274 e. The van der Waals surface area contributed by atoms with Gasteiger partial charge in [0.2, 0.25) is 0 Å². The average molecular weight is 327 g/mol. The molecule has 7 heteroatoms. The lowest BCUT2D eigenvalue weighted by Gasteiger charge is -2.23. The second-order valence-corrected chi connectivity index (χ2v) is 6.60. The summed E-state index contributed by atoms with van der Waals surface area (Å²) in [5.41, 5.74) is 1.39. The van der Waals surface area contributed by atoms with Crippen LogP contribution in [0.15, 0.2) is 34.9 Å². The number of imidazole rings is 1. The number of para-hydroxylation sites is 2. The summed E-state index contributed by atoms with van der Waals surface area (Å²) >= 11 is 0. The number of H-pyrrole nitrogens is 1. The lowest BCUT2D eigenvalue weighted by molar-refractivity contribution is 0.0899. The van der Waals surface area contributed by atoms with E-state index in [0.29, 0.717) is 18.1 Å². The summed E-state index contributed by atoms with van der Waals surface area (Å²) < 4.78 is 5.19. The largest absolute Gasteiger partial charge is 0.359 e. The van der Waals surface area contributed by atoms with Gasteiger partial charge >= 0.3 is 0 Å². The van der Waals surface area contributed by atoms with Crippen LogP contribution in [0.5, 0.6) is 0 Å². The minimum atomic E-state index is -0.670. The zero-order chi connectivity index (χ0) is 17.3. The Balaban J connectivity index is 1.77. The molecule has 2 aromatic heterocycles. The SMILES string of the molecule is CN(C)Cc1cc(C(=O)NC(C)(C)c2nc3ccccc3[nH]2)no1. The predicted octanol–water partition coefficient (Wildman–Crippen LogP) is 2.28. The topological polar surface area (TPSA) is 87.0 Å². The molecule has 7 nitrogen and oxygen atoms in total. The molecule has 0 aliphatic heterocycles. The van der Waals surface area contributed by atoms with Gasteiger partial charge in [0, 0.05) is 6.07 Å². The molecule has 0 aliphatic carbocycles. The van der Waals surface area contributed by atoms with Gasteiger partial charge in [0.25, 0.3) is 5.91 Å². The minimum Gasteiger partial charge on any atom is -0.359 e. The van der Waals surface area contributed by atoms with Crippen LogP contribution in [-0.2, 0) is 12.1 Å². The number of fused-ring (bicyclic) bond motifs is 1. The van der Waals surface area contributed by atoms with E-state index in [-0.39, 0.29) is 11.6 Å². The monoisotopic (exact) mass is 327 g/mol. The molecule has 0 fully saturated rings. The van der Waals surface area contributed by atoms with Crippen molar-refractivity contribution in [3.63, 3.8) is 0 Å². The van der Waals surface area contributed by atoms with Crippen molar-refractivity contribution >= 4 is 16.9 Å². The maximum absolute atomic E-state index is 12.5. The molecule has 0 bridgehead atoms. The van der Waals surface area contributed by atoms with E-state index in [1.54, 1.807) is 6.07 Å². The number of benzene rings is 1. The number of aromatic amines is 1. The highest BCUT2D eigenvalue weighted by atomic mass is 16.5. The molecule has 0 atom stereocenters. The molecule has 24 heavy (non-hydrogen) atoms. The fourth-order valence-electron chi connectivity index (χ4n) is 2.46. The van der Waals surface area contributed by atoms with E-state index in [1.165, 1.54) is 0 Å². The van der Waals surface area contributed by atoms with Gasteiger partial charge in [0.15, 0.2) is 11.5 Å². The van der Waals surface area contributed by atoms with Gasteiger partial charge in [-0.15, -0.1) is 0 Å². The molecule has 2 heterocycles. The third-order valence-corrected chi connectivity index (χ3v) is 3.67. The highest BCUT2D eigenvalue weighted by Crippen LogP contribution is 2.21. The third-order valence-electron chi connectivity index (χ3n) is 3.67. The Morgan fingerprint density at radius 1 is 1.33 bits per heavy atom. The molecule has 0 radical (unpaired) electrons. The zero-order valence-corrected chi connectivity index (χ0v) is 14.3. The van der Waals surface area contributed by atoms with Gasteiger partial charge in [-0.2, -0.15) is 0 Å². The number of hydrogen-bond donors (Lipinski definition) is 2. The van der Waals surface area contributed by atoms with Crippen molar-refractivity contribution in [3.05, 3.63) is 47.6 Å². The van der Waals surface area contributed by atoms with Gasteiger partial charge in [0.05, 0.1) is 23.1 Å². The number of nitrogens with one attached hydrogen (secondary N) is 2. The number of carbonyl (C=O) groups is 1. The van der Waals surface area contributed by atoms with Crippen molar-refractivity contribution < 1.29 is 9.32 Å². The quantitative estimate of drug-likeness (QED) is 0.751. The van der Waals surface area contributed by atoms with E-state index >= 15 is 0 Å². The second-order valence-electron chi connectivity index (χ2n) is 6.60. The van der Waals surface area contributed by atoms with E-state index in [0.717, 1.165) is 11.0 Å². The number of aromatic nitrogens is 3. The van der Waals surface area contributed by atoms with Crippen LogP contribution in [0.3, 0.4) is 0 Å². The van der Waals surface area contributed by atoms with E-state index in [2.05, 4.69) is 20.4 Å². The third kappa shape index (κ3) is 3.30. The Morgan fingerprint density at radius 2 is 2.08 bits per heavy atom. The number of nitrogens with zero attached hydrogens (tertiary/aromatic N) is 3. The maximum Gasteiger partial charge on any atom is 0.274 e. The molecule has 3 rings (SSSR count). The van der Waals surface area contributed by atoms with Crippen LogP contribution in [0, 0.1) is 0 Å². The Bertz CT molecular complexity index is 830. The van der Waals surface area contributed by atoms with Crippen LogP contribution in [0.25, 0.3) is 11.0 Å². The first-order valence-electron chi connectivity index (χ1n) is 7.73. The number of carbonyl (C=O) groups excluding carboxylic acids is 1. The van der Waals surface area contributed by atoms with Gasteiger partial charge < -0.3 is 19.7 Å². The Kier molecular flexibility index (Phi) is 4.11. The lowest BCUT2D eigenvalue weighted by Crippen LogP contribution is -2.42. The van der Waals surface area contributed by atoms with Crippen molar-refractivity contribution in [1.29, 1.82) is 0 Å². The van der Waals surface area contributed by atoms with Crippen LogP contribution < -0.4 is 5.32 Å². The molecular formula is C17H21N5O2. The molecular weight excluding hydrogens is 306 g/mol. The van der Waals surface area contributed by atoms with Gasteiger partial charge in [-0.1, -0.05) is 17.3 Å². The molecule has 1 amide bonds. The second kappa shape index (κ2) is 6.09. The Labute approximate surface area is 140 Å². The van der Waals surface area contributed by atoms with E-state index in [1.807, 2.05) is 57.1 Å². The summed E-state index contributed by atoms with van der Waals surface area (Å²) in [5.74, 6) is 1.04. The fourth-order valence-corrected chi connectivity index (χ4v) is 2.46. The van der Waals surface area contributed by atoms with Crippen LogP contribution >= 0.6 is 0 Å². The minimum absolute atomic E-state index is 0.260. The summed E-state index contributed by atoms with van der Waals surface area (Å²) in [4.78, 5) is 22.2. The normalized spacial score (nSPS) is 12.0. The summed E-state index contributed by atoms with van der Waals surface area (Å²) in [7, 11) is 3.85. The predicted molar refractivity (Wildman–Crippen MR) is 90.5 cm³/mol. The van der Waals surface area contributed by atoms with Crippen LogP contribution in [0.1, 0.15) is 35.9 Å². The molecule has 126 valence electrons. The summed E-state index contributed by atoms with van der Waals surface area (Å²) in [6, 6.07) is 9.41. The molecule has 0 aliphatic rings. The summed E-state index contributed by atoms with van der Waals surface area (Å²) in [6.07, 6.45) is 0. The first-order valence-corrected chi connectivity index (χ1v) is 7.73. The molecule has 3 aromatic rings. The van der Waals surface area contributed by atoms with Crippen molar-refractivity contribution in [2.75, 3.05) is 14.1 Å². The lowest BCUT2D eigenvalue weighted by atomic mass is 10.0. The molecule has 0 unspecified atom stereocenters. The highest BCUT2D eigenvalue weighted by Gasteiger charge is 2.28. The maximum atomic E-state index is 12.5. The van der Waals surface area contributed by atoms with Gasteiger partial charge in [-0.25, -0.2) is 4.98 Å². The molecule has 1 aromatic carbocycles. The number of amides is 1. The Hall–Kier alpha value is -2.67. The first kappa shape index (κ1) is 16.2. The Morgan fingerprint density at radius 3 is 2.79 bits per heavy atom. The zero-order valence-electron chi connectivity index (χ0n) is 14.3. The van der Waals surface area contributed by atoms with Crippen LogP contribution in [0.4, 0.5) is 0 Å². The summed E-state index contributed by atoms with van der Waals surface area (Å²) in [6.45, 7) is 4.38. The van der Waals surface area contributed by atoms with E-state index < -0.39 is 5.54 Å². The molecule has 0 saturated heterocycles. The van der Waals surface area contributed by atoms with Crippen molar-refractivity contribution in [2.24, 2.45) is 0 Å². The van der Waals surface area contributed by atoms with Crippen LogP contribution in [0.2, 0.25) is 0 Å². The summed E-state index contributed by atoms with van der Waals surface area (Å²) in [5, 5.41) is 6.79. The standard InChI is InChI=1S/C17H21N5O2/c1-17(2,16-18-12-7-5-6-8-13(12)19-16)20-15(23)14-9-11(24-21-14)10-22(3)4/h5-9H,10H2,1-4H3,(H,18,19)(H,20,23). The fraction of sp³-hybridized carbons (Fsp3) is 0.353. The van der Waals surface area contributed by atoms with Gasteiger partial charge in [0.1, 0.15) is 5.82 Å². The molecule has 0 spiro atoms. The molecule has 2 N–H and O–H groups in total.